The number of para-hydroxylation sites is 1. The fraction of sp³-hybridized carbons (Fsp3) is 0.560. The summed E-state index contributed by atoms with van der Waals surface area (Å²) in [4.78, 5) is 37.2. The minimum atomic E-state index is 0.0445. The predicted octanol–water partition coefficient (Wildman–Crippen LogP) is 3.70. The van der Waals surface area contributed by atoms with Crippen molar-refractivity contribution in [1.29, 1.82) is 0 Å². The zero-order valence-corrected chi connectivity index (χ0v) is 18.3. The van der Waals surface area contributed by atoms with Crippen LogP contribution >= 0.6 is 0 Å². The van der Waals surface area contributed by atoms with Crippen LogP contribution in [0.1, 0.15) is 55.3 Å². The maximum atomic E-state index is 13.5. The first kappa shape index (κ1) is 20.3. The minimum absolute atomic E-state index is 0.0445. The number of carbonyl (C=O) groups excluding carboxylic acids is 2. The molecule has 2 saturated heterocycles. The Labute approximate surface area is 184 Å². The van der Waals surface area contributed by atoms with Crippen molar-refractivity contribution in [3.63, 3.8) is 0 Å². The molecule has 3 aliphatic rings. The summed E-state index contributed by atoms with van der Waals surface area (Å²) in [7, 11) is 0. The number of hydrogen-bond donors (Lipinski definition) is 0. The quantitative estimate of drug-likeness (QED) is 0.757. The first-order valence-corrected chi connectivity index (χ1v) is 11.9. The molecule has 164 valence electrons. The van der Waals surface area contributed by atoms with E-state index in [4.69, 9.17) is 4.98 Å². The second-order valence-electron chi connectivity index (χ2n) is 9.27. The van der Waals surface area contributed by atoms with Crippen molar-refractivity contribution >= 4 is 28.5 Å². The van der Waals surface area contributed by atoms with Crippen LogP contribution in [0, 0.1) is 5.92 Å². The summed E-state index contributed by atoms with van der Waals surface area (Å²) in [5, 5.41) is 0.999. The van der Waals surface area contributed by atoms with Gasteiger partial charge in [-0.25, -0.2) is 4.98 Å². The monoisotopic (exact) mass is 420 g/mol. The van der Waals surface area contributed by atoms with Crippen LogP contribution in [0.25, 0.3) is 10.9 Å². The molecule has 6 nitrogen and oxygen atoms in total. The van der Waals surface area contributed by atoms with Gasteiger partial charge in [0.2, 0.25) is 5.91 Å². The molecule has 2 aliphatic heterocycles. The summed E-state index contributed by atoms with van der Waals surface area (Å²) >= 11 is 0. The van der Waals surface area contributed by atoms with Crippen LogP contribution in [0.2, 0.25) is 0 Å². The number of amides is 2. The minimum Gasteiger partial charge on any atom is -0.356 e. The molecule has 6 heteroatoms. The van der Waals surface area contributed by atoms with Gasteiger partial charge in [-0.2, -0.15) is 0 Å². The highest BCUT2D eigenvalue weighted by Crippen LogP contribution is 2.29. The Morgan fingerprint density at radius 1 is 0.871 bits per heavy atom. The SMILES string of the molecule is O=C(CC1CCCC1)N1CCN(C(=O)c2cc3ccccc3nc2N2CCCC2)CC1. The maximum absolute atomic E-state index is 13.5. The number of nitrogens with zero attached hydrogens (tertiary/aromatic N) is 4. The Bertz CT molecular complexity index is 955. The molecule has 5 rings (SSSR count). The Balaban J connectivity index is 1.31. The molecular weight excluding hydrogens is 388 g/mol. The van der Waals surface area contributed by atoms with Gasteiger partial charge in [-0.15, -0.1) is 0 Å². The van der Waals surface area contributed by atoms with Crippen molar-refractivity contribution in [3.8, 4) is 0 Å². The lowest BCUT2D eigenvalue weighted by atomic mass is 10.0. The van der Waals surface area contributed by atoms with E-state index in [9.17, 15) is 9.59 Å². The number of aromatic nitrogens is 1. The highest BCUT2D eigenvalue weighted by atomic mass is 16.2. The van der Waals surface area contributed by atoms with Crippen molar-refractivity contribution in [2.24, 2.45) is 5.92 Å². The van der Waals surface area contributed by atoms with Crippen molar-refractivity contribution in [2.45, 2.75) is 44.9 Å². The summed E-state index contributed by atoms with van der Waals surface area (Å²) in [6.45, 7) is 4.38. The van der Waals surface area contributed by atoms with Crippen molar-refractivity contribution in [1.82, 2.24) is 14.8 Å². The lowest BCUT2D eigenvalue weighted by molar-refractivity contribution is -0.133. The van der Waals surface area contributed by atoms with Gasteiger partial charge in [0.05, 0.1) is 11.1 Å². The van der Waals surface area contributed by atoms with Crippen LogP contribution in [0.3, 0.4) is 0 Å². The summed E-state index contributed by atoms with van der Waals surface area (Å²) in [6.07, 6.45) is 7.88. The van der Waals surface area contributed by atoms with Crippen molar-refractivity contribution < 1.29 is 9.59 Å². The highest BCUT2D eigenvalue weighted by Gasteiger charge is 2.30. The van der Waals surface area contributed by atoms with E-state index in [0.717, 1.165) is 42.7 Å². The van der Waals surface area contributed by atoms with Gasteiger partial charge in [0.25, 0.3) is 5.91 Å². The number of rotatable bonds is 4. The van der Waals surface area contributed by atoms with E-state index in [1.807, 2.05) is 40.1 Å². The van der Waals surface area contributed by atoms with Gasteiger partial charge < -0.3 is 14.7 Å². The van der Waals surface area contributed by atoms with E-state index in [0.29, 0.717) is 44.1 Å². The van der Waals surface area contributed by atoms with Crippen LogP contribution in [0.4, 0.5) is 5.82 Å². The van der Waals surface area contributed by atoms with E-state index in [-0.39, 0.29) is 11.8 Å². The molecule has 2 amide bonds. The van der Waals surface area contributed by atoms with Gasteiger partial charge in [0, 0.05) is 51.1 Å². The van der Waals surface area contributed by atoms with E-state index in [1.54, 1.807) is 0 Å². The third-order valence-electron chi connectivity index (χ3n) is 7.20. The van der Waals surface area contributed by atoms with E-state index < -0.39 is 0 Å². The second-order valence-corrected chi connectivity index (χ2v) is 9.27. The molecule has 0 unspecified atom stereocenters. The largest absolute Gasteiger partial charge is 0.356 e. The molecule has 0 bridgehead atoms. The zero-order valence-electron chi connectivity index (χ0n) is 18.3. The second kappa shape index (κ2) is 8.85. The zero-order chi connectivity index (χ0) is 21.2. The topological polar surface area (TPSA) is 56.8 Å². The normalized spacial score (nSPS) is 20.1. The van der Waals surface area contributed by atoms with E-state index >= 15 is 0 Å². The number of carbonyl (C=O) groups is 2. The fourth-order valence-corrected chi connectivity index (χ4v) is 5.35. The van der Waals surface area contributed by atoms with E-state index in [1.165, 1.54) is 25.7 Å². The van der Waals surface area contributed by atoms with E-state index in [2.05, 4.69) is 4.90 Å². The number of pyridine rings is 1. The van der Waals surface area contributed by atoms with Gasteiger partial charge in [-0.3, -0.25) is 9.59 Å². The lowest BCUT2D eigenvalue weighted by Gasteiger charge is -2.36. The molecule has 1 aliphatic carbocycles. The van der Waals surface area contributed by atoms with Gasteiger partial charge in [-0.05, 0) is 43.7 Å². The third kappa shape index (κ3) is 4.25. The number of fused-ring (bicyclic) bond motifs is 1. The number of piperazine rings is 1. The molecule has 1 aromatic heterocycles. The lowest BCUT2D eigenvalue weighted by Crippen LogP contribution is -2.51. The average molecular weight is 421 g/mol. The van der Waals surface area contributed by atoms with Crippen LogP contribution in [-0.4, -0.2) is 65.9 Å². The summed E-state index contributed by atoms with van der Waals surface area (Å²) < 4.78 is 0. The third-order valence-corrected chi connectivity index (χ3v) is 7.20. The number of hydrogen-bond acceptors (Lipinski definition) is 4. The van der Waals surface area contributed by atoms with Crippen molar-refractivity contribution in [3.05, 3.63) is 35.9 Å². The molecule has 1 saturated carbocycles. The van der Waals surface area contributed by atoms with Gasteiger partial charge >= 0.3 is 0 Å². The van der Waals surface area contributed by atoms with Crippen molar-refractivity contribution in [2.75, 3.05) is 44.2 Å². The number of anilines is 1. The molecule has 0 radical (unpaired) electrons. The van der Waals surface area contributed by atoms with Gasteiger partial charge in [0.15, 0.2) is 0 Å². The molecular formula is C25H32N4O2. The highest BCUT2D eigenvalue weighted by molar-refractivity contribution is 6.02. The van der Waals surface area contributed by atoms with Crippen LogP contribution in [0.15, 0.2) is 30.3 Å². The van der Waals surface area contributed by atoms with Crippen LogP contribution in [-0.2, 0) is 4.79 Å². The van der Waals surface area contributed by atoms with Gasteiger partial charge in [0.1, 0.15) is 5.82 Å². The first-order valence-electron chi connectivity index (χ1n) is 11.9. The Morgan fingerprint density at radius 2 is 1.55 bits per heavy atom. The first-order chi connectivity index (χ1) is 15.2. The molecule has 0 spiro atoms. The predicted molar refractivity (Wildman–Crippen MR) is 122 cm³/mol. The van der Waals surface area contributed by atoms with Crippen LogP contribution in [0.5, 0.6) is 0 Å². The molecule has 0 atom stereocenters. The average Bonchev–Trinajstić information content (AvgIpc) is 3.52. The Kier molecular flexibility index (Phi) is 5.79. The molecule has 2 aromatic rings. The standard InChI is InChI=1S/C25H32N4O2/c30-23(17-19-7-1-2-8-19)27-13-15-29(16-14-27)25(31)21-18-20-9-3-4-10-22(20)26-24(21)28-11-5-6-12-28/h3-4,9-10,18-19H,1-2,5-8,11-17H2. The van der Waals surface area contributed by atoms with Crippen LogP contribution < -0.4 is 4.90 Å². The molecule has 1 aromatic carbocycles. The summed E-state index contributed by atoms with van der Waals surface area (Å²) in [5.41, 5.74) is 1.63. The maximum Gasteiger partial charge on any atom is 0.257 e. The smallest absolute Gasteiger partial charge is 0.257 e. The number of benzene rings is 1. The molecule has 3 heterocycles. The van der Waals surface area contributed by atoms with Gasteiger partial charge in [-0.1, -0.05) is 31.0 Å². The summed E-state index contributed by atoms with van der Waals surface area (Å²) in [6, 6.07) is 10.0. The molecule has 31 heavy (non-hydrogen) atoms. The molecule has 0 N–H and O–H groups in total. The summed E-state index contributed by atoms with van der Waals surface area (Å²) in [5.74, 6) is 1.70. The molecule has 3 fully saturated rings. The Morgan fingerprint density at radius 3 is 2.29 bits per heavy atom. The Hall–Kier alpha value is -2.63. The fourth-order valence-electron chi connectivity index (χ4n) is 5.35.